The van der Waals surface area contributed by atoms with Crippen molar-refractivity contribution in [1.29, 1.82) is 0 Å². The minimum absolute atomic E-state index is 0.0432. The molecule has 2 rings (SSSR count). The Balaban J connectivity index is 2.15. The predicted molar refractivity (Wildman–Crippen MR) is 108 cm³/mol. The van der Waals surface area contributed by atoms with Gasteiger partial charge < -0.3 is 15.4 Å². The van der Waals surface area contributed by atoms with E-state index in [1.165, 1.54) is 18.2 Å². The molecule has 1 atom stereocenters. The lowest BCUT2D eigenvalue weighted by atomic mass is 9.96. The molecule has 0 aliphatic heterocycles. The molecule has 2 aromatic rings. The molecule has 0 saturated heterocycles. The molecule has 0 spiro atoms. The number of nitro benzene ring substituents is 1. The highest BCUT2D eigenvalue weighted by Crippen LogP contribution is 2.28. The summed E-state index contributed by atoms with van der Waals surface area (Å²) in [5.74, 6) is 1.03. The van der Waals surface area contributed by atoms with E-state index in [-0.39, 0.29) is 17.6 Å². The molecule has 0 fully saturated rings. The molecular formula is C18H20ClN3O3S. The lowest BCUT2D eigenvalue weighted by Crippen LogP contribution is -2.35. The van der Waals surface area contributed by atoms with Gasteiger partial charge in [-0.25, -0.2) is 0 Å². The van der Waals surface area contributed by atoms with Crippen LogP contribution in [-0.4, -0.2) is 17.1 Å². The van der Waals surface area contributed by atoms with Crippen LogP contribution in [0.3, 0.4) is 0 Å². The highest BCUT2D eigenvalue weighted by Gasteiger charge is 2.18. The van der Waals surface area contributed by atoms with Crippen LogP contribution in [-0.2, 0) is 0 Å². The Morgan fingerprint density at radius 3 is 2.42 bits per heavy atom. The second-order valence-corrected chi connectivity index (χ2v) is 6.83. The van der Waals surface area contributed by atoms with Crippen LogP contribution in [0.5, 0.6) is 5.75 Å². The van der Waals surface area contributed by atoms with Gasteiger partial charge in [-0.1, -0.05) is 37.6 Å². The van der Waals surface area contributed by atoms with Crippen molar-refractivity contribution in [3.63, 3.8) is 0 Å². The fourth-order valence-corrected chi connectivity index (χ4v) is 2.87. The first kappa shape index (κ1) is 19.9. The molecule has 26 heavy (non-hydrogen) atoms. The maximum atomic E-state index is 10.9. The van der Waals surface area contributed by atoms with Gasteiger partial charge in [0.2, 0.25) is 0 Å². The van der Waals surface area contributed by atoms with E-state index >= 15 is 0 Å². The fourth-order valence-electron chi connectivity index (χ4n) is 2.47. The molecule has 0 bridgehead atoms. The van der Waals surface area contributed by atoms with E-state index in [1.54, 1.807) is 7.11 Å². The Labute approximate surface area is 162 Å². The van der Waals surface area contributed by atoms with Crippen molar-refractivity contribution in [3.05, 3.63) is 63.2 Å². The third kappa shape index (κ3) is 5.06. The van der Waals surface area contributed by atoms with Crippen molar-refractivity contribution < 1.29 is 9.66 Å². The van der Waals surface area contributed by atoms with E-state index in [0.717, 1.165) is 11.3 Å². The third-order valence-corrected chi connectivity index (χ3v) is 4.39. The van der Waals surface area contributed by atoms with E-state index in [4.69, 9.17) is 28.6 Å². The molecule has 0 aliphatic carbocycles. The Hall–Kier alpha value is -2.38. The molecule has 0 aliphatic rings. The summed E-state index contributed by atoms with van der Waals surface area (Å²) in [6, 6.07) is 11.8. The summed E-state index contributed by atoms with van der Waals surface area (Å²) in [5.41, 5.74) is 1.38. The van der Waals surface area contributed by atoms with Gasteiger partial charge in [0, 0.05) is 12.1 Å². The van der Waals surface area contributed by atoms with Gasteiger partial charge in [0.1, 0.15) is 5.75 Å². The lowest BCUT2D eigenvalue weighted by molar-refractivity contribution is -0.384. The largest absolute Gasteiger partial charge is 0.497 e. The van der Waals surface area contributed by atoms with Crippen molar-refractivity contribution in [2.24, 2.45) is 5.92 Å². The van der Waals surface area contributed by atoms with Crippen LogP contribution in [0.4, 0.5) is 11.4 Å². The van der Waals surface area contributed by atoms with Crippen molar-refractivity contribution in [2.45, 2.75) is 19.9 Å². The standard InChI is InChI=1S/C18H20ClN3O3S/c1-11(2)17(12-4-7-14(25-3)8-5-12)21-18(26)20-16-10-13(22(23)24)6-9-15(16)19/h4-11,17H,1-3H3,(H2,20,21,26)/t17-/m0/s1. The zero-order valence-electron chi connectivity index (χ0n) is 14.7. The molecule has 0 amide bonds. The van der Waals surface area contributed by atoms with Crippen LogP contribution < -0.4 is 15.4 Å². The number of nitrogens with one attached hydrogen (secondary N) is 2. The van der Waals surface area contributed by atoms with Gasteiger partial charge in [-0.2, -0.15) is 0 Å². The Morgan fingerprint density at radius 2 is 1.88 bits per heavy atom. The number of nitro groups is 1. The molecule has 6 nitrogen and oxygen atoms in total. The monoisotopic (exact) mass is 393 g/mol. The summed E-state index contributed by atoms with van der Waals surface area (Å²) in [5, 5.41) is 17.8. The molecule has 0 heterocycles. The number of thiocarbonyl (C=S) groups is 1. The Kier molecular flexibility index (Phi) is 6.76. The molecule has 138 valence electrons. The predicted octanol–water partition coefficient (Wildman–Crippen LogP) is 4.94. The van der Waals surface area contributed by atoms with Crippen LogP contribution in [0.1, 0.15) is 25.5 Å². The van der Waals surface area contributed by atoms with Gasteiger partial charge in [0.15, 0.2) is 5.11 Å². The number of nitrogens with zero attached hydrogens (tertiary/aromatic N) is 1. The second kappa shape index (κ2) is 8.82. The first-order valence-electron chi connectivity index (χ1n) is 7.97. The molecule has 0 radical (unpaired) electrons. The molecule has 2 aromatic carbocycles. The third-order valence-electron chi connectivity index (χ3n) is 3.84. The van der Waals surface area contributed by atoms with E-state index < -0.39 is 4.92 Å². The Bertz CT molecular complexity index is 797. The minimum atomic E-state index is -0.480. The van der Waals surface area contributed by atoms with Gasteiger partial charge in [-0.15, -0.1) is 0 Å². The van der Waals surface area contributed by atoms with Crippen LogP contribution >= 0.6 is 23.8 Å². The highest BCUT2D eigenvalue weighted by molar-refractivity contribution is 7.80. The van der Waals surface area contributed by atoms with Crippen LogP contribution in [0, 0.1) is 16.0 Å². The second-order valence-electron chi connectivity index (χ2n) is 6.01. The smallest absolute Gasteiger partial charge is 0.271 e. The lowest BCUT2D eigenvalue weighted by Gasteiger charge is -2.25. The van der Waals surface area contributed by atoms with E-state index in [0.29, 0.717) is 15.8 Å². The van der Waals surface area contributed by atoms with Crippen molar-refractivity contribution in [2.75, 3.05) is 12.4 Å². The van der Waals surface area contributed by atoms with Crippen LogP contribution in [0.2, 0.25) is 5.02 Å². The Morgan fingerprint density at radius 1 is 1.23 bits per heavy atom. The first-order chi connectivity index (χ1) is 12.3. The fraction of sp³-hybridized carbons (Fsp3) is 0.278. The average Bonchev–Trinajstić information content (AvgIpc) is 2.61. The van der Waals surface area contributed by atoms with Crippen molar-refractivity contribution >= 4 is 40.3 Å². The molecular weight excluding hydrogens is 374 g/mol. The van der Waals surface area contributed by atoms with Gasteiger partial charge >= 0.3 is 0 Å². The summed E-state index contributed by atoms with van der Waals surface area (Å²) in [7, 11) is 1.62. The SMILES string of the molecule is COc1ccc([C@@H](NC(=S)Nc2cc([N+](=O)[O-])ccc2Cl)C(C)C)cc1. The van der Waals surface area contributed by atoms with E-state index in [1.807, 2.05) is 24.3 Å². The summed E-state index contributed by atoms with van der Waals surface area (Å²) < 4.78 is 5.18. The molecule has 0 aromatic heterocycles. The maximum Gasteiger partial charge on any atom is 0.271 e. The maximum absolute atomic E-state index is 10.9. The number of ether oxygens (including phenoxy) is 1. The minimum Gasteiger partial charge on any atom is -0.497 e. The van der Waals surface area contributed by atoms with Gasteiger partial charge in [-0.3, -0.25) is 10.1 Å². The number of methoxy groups -OCH3 is 1. The average molecular weight is 394 g/mol. The van der Waals surface area contributed by atoms with Gasteiger partial charge in [0.05, 0.1) is 28.8 Å². The molecule has 8 heteroatoms. The quantitative estimate of drug-likeness (QED) is 0.411. The summed E-state index contributed by atoms with van der Waals surface area (Å²) >= 11 is 11.5. The van der Waals surface area contributed by atoms with Gasteiger partial charge in [0.25, 0.3) is 5.69 Å². The number of rotatable bonds is 6. The molecule has 0 saturated carbocycles. The normalized spacial score (nSPS) is 11.7. The van der Waals surface area contributed by atoms with Crippen molar-refractivity contribution in [3.8, 4) is 5.75 Å². The molecule has 2 N–H and O–H groups in total. The molecule has 0 unspecified atom stereocenters. The number of halogens is 1. The zero-order valence-corrected chi connectivity index (χ0v) is 16.2. The number of benzene rings is 2. The first-order valence-corrected chi connectivity index (χ1v) is 8.76. The van der Waals surface area contributed by atoms with E-state index in [2.05, 4.69) is 24.5 Å². The summed E-state index contributed by atoms with van der Waals surface area (Å²) in [6.45, 7) is 4.15. The van der Waals surface area contributed by atoms with Crippen LogP contribution in [0.15, 0.2) is 42.5 Å². The van der Waals surface area contributed by atoms with Gasteiger partial charge in [-0.05, 0) is 41.9 Å². The topological polar surface area (TPSA) is 76.4 Å². The highest BCUT2D eigenvalue weighted by atomic mass is 35.5. The number of anilines is 1. The summed E-state index contributed by atoms with van der Waals surface area (Å²) in [6.07, 6.45) is 0. The number of non-ortho nitro benzene ring substituents is 1. The summed E-state index contributed by atoms with van der Waals surface area (Å²) in [4.78, 5) is 10.5. The van der Waals surface area contributed by atoms with Crippen molar-refractivity contribution in [1.82, 2.24) is 5.32 Å². The number of hydrogen-bond donors (Lipinski definition) is 2. The number of hydrogen-bond acceptors (Lipinski definition) is 4. The van der Waals surface area contributed by atoms with Crippen LogP contribution in [0.25, 0.3) is 0 Å². The van der Waals surface area contributed by atoms with E-state index in [9.17, 15) is 10.1 Å². The zero-order chi connectivity index (χ0) is 19.3.